The minimum atomic E-state index is -0.523. The van der Waals surface area contributed by atoms with Crippen molar-refractivity contribution in [3.8, 4) is 0 Å². The first-order valence-corrected chi connectivity index (χ1v) is 3.58. The Morgan fingerprint density at radius 2 is 1.60 bits per heavy atom. The maximum Gasteiger partial charge on any atom is 0.0798 e. The number of rotatable bonds is 4. The molecule has 10 heavy (non-hydrogen) atoms. The molecule has 0 aromatic heterocycles. The maximum atomic E-state index is 9.07. The van der Waals surface area contributed by atoms with Crippen LogP contribution >= 0.6 is 12.4 Å². The van der Waals surface area contributed by atoms with Crippen LogP contribution in [0.5, 0.6) is 0 Å². The second-order valence-electron chi connectivity index (χ2n) is 2.33. The van der Waals surface area contributed by atoms with E-state index in [0.717, 1.165) is 6.42 Å². The van der Waals surface area contributed by atoms with Gasteiger partial charge in [-0.15, -0.1) is 12.4 Å². The van der Waals surface area contributed by atoms with E-state index < -0.39 is 12.2 Å². The molecular weight excluding hydrogens is 152 g/mol. The Hall–Kier alpha value is 0.210. The molecule has 0 heterocycles. The summed E-state index contributed by atoms with van der Waals surface area (Å²) in [4.78, 5) is 0. The molecule has 2 N–H and O–H groups in total. The molecule has 0 aliphatic heterocycles. The van der Waals surface area contributed by atoms with Gasteiger partial charge in [-0.3, -0.25) is 0 Å². The first-order chi connectivity index (χ1) is 4.22. The average molecular weight is 169 g/mol. The van der Waals surface area contributed by atoms with Gasteiger partial charge in [-0.25, -0.2) is 0 Å². The Morgan fingerprint density at radius 1 is 1.10 bits per heavy atom. The van der Waals surface area contributed by atoms with E-state index in [9.17, 15) is 0 Å². The minimum Gasteiger partial charge on any atom is -0.390 e. The number of hydrogen-bond donors (Lipinski definition) is 2. The second-order valence-corrected chi connectivity index (χ2v) is 2.33. The topological polar surface area (TPSA) is 40.5 Å². The van der Waals surface area contributed by atoms with Crippen molar-refractivity contribution in [3.05, 3.63) is 0 Å². The summed E-state index contributed by atoms with van der Waals surface area (Å²) in [5.74, 6) is 0. The normalized spacial score (nSPS) is 15.6. The van der Waals surface area contributed by atoms with Crippen molar-refractivity contribution in [1.29, 1.82) is 0 Å². The Kier molecular flexibility index (Phi) is 9.40. The van der Waals surface area contributed by atoms with Gasteiger partial charge in [-0.2, -0.15) is 0 Å². The Labute approximate surface area is 68.7 Å². The monoisotopic (exact) mass is 168 g/mol. The molecule has 2 nitrogen and oxygen atoms in total. The molecule has 0 bridgehead atoms. The van der Waals surface area contributed by atoms with E-state index in [2.05, 4.69) is 0 Å². The van der Waals surface area contributed by atoms with Gasteiger partial charge in [0.05, 0.1) is 12.2 Å². The van der Waals surface area contributed by atoms with Crippen molar-refractivity contribution < 1.29 is 10.2 Å². The molecule has 0 fully saturated rings. The smallest absolute Gasteiger partial charge is 0.0798 e. The number of aliphatic hydroxyl groups is 2. The molecule has 3 heteroatoms. The zero-order chi connectivity index (χ0) is 7.28. The predicted molar refractivity (Wildman–Crippen MR) is 44.5 cm³/mol. The van der Waals surface area contributed by atoms with Gasteiger partial charge in [0.1, 0.15) is 0 Å². The van der Waals surface area contributed by atoms with Crippen molar-refractivity contribution in [2.45, 2.75) is 45.3 Å². The lowest BCUT2D eigenvalue weighted by atomic mass is 10.1. The fraction of sp³-hybridized carbons (Fsp3) is 1.00. The minimum absolute atomic E-state index is 0. The first kappa shape index (κ1) is 12.8. The van der Waals surface area contributed by atoms with E-state index in [0.29, 0.717) is 12.8 Å². The molecule has 0 amide bonds. The zero-order valence-corrected chi connectivity index (χ0v) is 7.40. The van der Waals surface area contributed by atoms with Gasteiger partial charge in [-0.05, 0) is 12.8 Å². The van der Waals surface area contributed by atoms with Crippen LogP contribution in [-0.2, 0) is 0 Å². The first-order valence-electron chi connectivity index (χ1n) is 3.58. The van der Waals surface area contributed by atoms with Crippen molar-refractivity contribution in [2.75, 3.05) is 0 Å². The molecule has 0 aliphatic carbocycles. The van der Waals surface area contributed by atoms with Gasteiger partial charge < -0.3 is 10.2 Å². The van der Waals surface area contributed by atoms with Crippen LogP contribution < -0.4 is 0 Å². The van der Waals surface area contributed by atoms with Crippen molar-refractivity contribution in [1.82, 2.24) is 0 Å². The van der Waals surface area contributed by atoms with Crippen LogP contribution in [0, 0.1) is 0 Å². The fourth-order valence-corrected chi connectivity index (χ4v) is 0.760. The van der Waals surface area contributed by atoms with E-state index >= 15 is 0 Å². The van der Waals surface area contributed by atoms with Crippen molar-refractivity contribution in [2.24, 2.45) is 0 Å². The van der Waals surface area contributed by atoms with Crippen LogP contribution in [0.25, 0.3) is 0 Å². The van der Waals surface area contributed by atoms with Gasteiger partial charge in [0, 0.05) is 0 Å². The van der Waals surface area contributed by atoms with Gasteiger partial charge in [0.15, 0.2) is 0 Å². The Balaban J connectivity index is 0. The van der Waals surface area contributed by atoms with Crippen molar-refractivity contribution in [3.63, 3.8) is 0 Å². The summed E-state index contributed by atoms with van der Waals surface area (Å²) in [6, 6.07) is 0. The van der Waals surface area contributed by atoms with Crippen LogP contribution in [0.4, 0.5) is 0 Å². The van der Waals surface area contributed by atoms with E-state index in [1.165, 1.54) is 0 Å². The highest BCUT2D eigenvalue weighted by Crippen LogP contribution is 2.04. The molecule has 0 radical (unpaired) electrons. The quantitative estimate of drug-likeness (QED) is 0.665. The number of aliphatic hydroxyl groups excluding tert-OH is 2. The molecule has 64 valence electrons. The third kappa shape index (κ3) is 5.03. The van der Waals surface area contributed by atoms with Crippen LogP contribution in [0.3, 0.4) is 0 Å². The predicted octanol–water partition coefficient (Wildman–Crippen LogP) is 1.34. The highest BCUT2D eigenvalue weighted by atomic mass is 35.5. The summed E-state index contributed by atoms with van der Waals surface area (Å²) in [6.45, 7) is 3.86. The molecule has 2 atom stereocenters. The molecular formula is C7H17ClO2. The molecule has 0 aliphatic rings. The standard InChI is InChI=1S/C7H16O2.ClH/c1-3-5-7(9)6(8)4-2;/h6-9H,3-5H2,1-2H3;1H/t6-,7+;/m1./s1. The second kappa shape index (κ2) is 7.32. The molecule has 0 rings (SSSR count). The van der Waals surface area contributed by atoms with Gasteiger partial charge in [0.2, 0.25) is 0 Å². The molecule has 0 aromatic carbocycles. The van der Waals surface area contributed by atoms with Crippen molar-refractivity contribution >= 4 is 12.4 Å². The molecule has 0 unspecified atom stereocenters. The molecule has 0 aromatic rings. The lowest BCUT2D eigenvalue weighted by molar-refractivity contribution is 0.0124. The van der Waals surface area contributed by atoms with Crippen LogP contribution in [0.1, 0.15) is 33.1 Å². The van der Waals surface area contributed by atoms with Crippen LogP contribution in [0.2, 0.25) is 0 Å². The summed E-state index contributed by atoms with van der Waals surface area (Å²) in [5.41, 5.74) is 0. The Bertz CT molecular complexity index is 68.6. The van der Waals surface area contributed by atoms with E-state index in [1.807, 2.05) is 13.8 Å². The van der Waals surface area contributed by atoms with Gasteiger partial charge >= 0.3 is 0 Å². The summed E-state index contributed by atoms with van der Waals surface area (Å²) in [7, 11) is 0. The SMILES string of the molecule is CCC[C@H](O)[C@H](O)CC.Cl. The summed E-state index contributed by atoms with van der Waals surface area (Å²) >= 11 is 0. The Morgan fingerprint density at radius 3 is 1.90 bits per heavy atom. The highest BCUT2D eigenvalue weighted by molar-refractivity contribution is 5.85. The zero-order valence-electron chi connectivity index (χ0n) is 6.58. The highest BCUT2D eigenvalue weighted by Gasteiger charge is 2.11. The van der Waals surface area contributed by atoms with Gasteiger partial charge in [-0.1, -0.05) is 20.3 Å². The van der Waals surface area contributed by atoms with Crippen LogP contribution in [0.15, 0.2) is 0 Å². The average Bonchev–Trinajstić information content (AvgIpc) is 1.87. The largest absolute Gasteiger partial charge is 0.390 e. The fourth-order valence-electron chi connectivity index (χ4n) is 0.760. The van der Waals surface area contributed by atoms with E-state index in [-0.39, 0.29) is 12.4 Å². The lowest BCUT2D eigenvalue weighted by Crippen LogP contribution is -2.24. The maximum absolute atomic E-state index is 9.07. The third-order valence-corrected chi connectivity index (χ3v) is 1.45. The van der Waals surface area contributed by atoms with Crippen LogP contribution in [-0.4, -0.2) is 22.4 Å². The van der Waals surface area contributed by atoms with Gasteiger partial charge in [0.25, 0.3) is 0 Å². The molecule has 0 saturated carbocycles. The number of halogens is 1. The van der Waals surface area contributed by atoms with E-state index in [4.69, 9.17) is 10.2 Å². The summed E-state index contributed by atoms with van der Waals surface area (Å²) in [6.07, 6.45) is 1.24. The molecule has 0 spiro atoms. The van der Waals surface area contributed by atoms with E-state index in [1.54, 1.807) is 0 Å². The summed E-state index contributed by atoms with van der Waals surface area (Å²) in [5, 5.41) is 18.1. The number of hydrogen-bond acceptors (Lipinski definition) is 2. The molecule has 0 saturated heterocycles. The lowest BCUT2D eigenvalue weighted by Gasteiger charge is -2.14. The third-order valence-electron chi connectivity index (χ3n) is 1.45. The summed E-state index contributed by atoms with van der Waals surface area (Å²) < 4.78 is 0.